The number of aryl methyl sites for hydroxylation is 2. The summed E-state index contributed by atoms with van der Waals surface area (Å²) in [5.74, 6) is -0.881. The number of hydrogen-bond donors (Lipinski definition) is 2. The van der Waals surface area contributed by atoms with Gasteiger partial charge in [0.2, 0.25) is 0 Å². The van der Waals surface area contributed by atoms with Crippen LogP contribution in [0.4, 0.5) is 0 Å². The van der Waals surface area contributed by atoms with Crippen LogP contribution in [0.3, 0.4) is 0 Å². The number of carboxylic acid groups (broad SMARTS) is 1. The van der Waals surface area contributed by atoms with Crippen molar-refractivity contribution < 1.29 is 19.4 Å². The standard InChI is InChI=1S/C15H19NO4/c1-15(2,14(19)16-9-13(17)18)20-12-7-6-10-4-3-5-11(10)8-12/h6-8H,3-5,9H2,1-2H3,(H,16,19)(H,17,18). The maximum Gasteiger partial charge on any atom is 0.322 e. The molecule has 0 spiro atoms. The first-order valence-corrected chi connectivity index (χ1v) is 6.69. The van der Waals surface area contributed by atoms with Gasteiger partial charge in [0.15, 0.2) is 5.60 Å². The summed E-state index contributed by atoms with van der Waals surface area (Å²) in [6.45, 7) is 2.84. The van der Waals surface area contributed by atoms with Gasteiger partial charge in [-0.05, 0) is 56.4 Å². The second-order valence-electron chi connectivity index (χ2n) is 5.47. The number of rotatable bonds is 5. The molecule has 2 N–H and O–H groups in total. The van der Waals surface area contributed by atoms with Gasteiger partial charge in [0.25, 0.3) is 5.91 Å². The Morgan fingerprint density at radius 1 is 1.30 bits per heavy atom. The van der Waals surface area contributed by atoms with Gasteiger partial charge in [-0.3, -0.25) is 9.59 Å². The van der Waals surface area contributed by atoms with Gasteiger partial charge in [-0.15, -0.1) is 0 Å². The van der Waals surface area contributed by atoms with Crippen LogP contribution >= 0.6 is 0 Å². The molecule has 0 saturated carbocycles. The molecule has 0 heterocycles. The van der Waals surface area contributed by atoms with Crippen LogP contribution in [0, 0.1) is 0 Å². The number of ether oxygens (including phenoxy) is 1. The molecular weight excluding hydrogens is 258 g/mol. The lowest BCUT2D eigenvalue weighted by Gasteiger charge is -2.25. The molecule has 1 aromatic carbocycles. The molecule has 0 bridgehead atoms. The topological polar surface area (TPSA) is 75.6 Å². The molecule has 0 radical (unpaired) electrons. The van der Waals surface area contributed by atoms with Crippen LogP contribution in [-0.4, -0.2) is 29.1 Å². The Balaban J connectivity index is 2.03. The molecule has 5 nitrogen and oxygen atoms in total. The zero-order valence-electron chi connectivity index (χ0n) is 11.7. The minimum absolute atomic E-state index is 0.407. The number of hydrogen-bond acceptors (Lipinski definition) is 3. The van der Waals surface area contributed by atoms with Gasteiger partial charge >= 0.3 is 5.97 Å². The monoisotopic (exact) mass is 277 g/mol. The number of aliphatic carboxylic acids is 1. The van der Waals surface area contributed by atoms with Crippen LogP contribution in [0.1, 0.15) is 31.4 Å². The van der Waals surface area contributed by atoms with Crippen LogP contribution in [0.2, 0.25) is 0 Å². The molecule has 5 heteroatoms. The average Bonchev–Trinajstić information content (AvgIpc) is 2.82. The molecule has 0 aliphatic heterocycles. The van der Waals surface area contributed by atoms with E-state index < -0.39 is 24.0 Å². The third kappa shape index (κ3) is 3.29. The van der Waals surface area contributed by atoms with Gasteiger partial charge in [-0.2, -0.15) is 0 Å². The third-order valence-electron chi connectivity index (χ3n) is 3.39. The molecule has 0 saturated heterocycles. The number of carbonyl (C=O) groups excluding carboxylic acids is 1. The first-order valence-electron chi connectivity index (χ1n) is 6.69. The van der Waals surface area contributed by atoms with Gasteiger partial charge in [0.05, 0.1) is 0 Å². The summed E-state index contributed by atoms with van der Waals surface area (Å²) in [4.78, 5) is 22.4. The SMILES string of the molecule is CC(C)(Oc1ccc2c(c1)CCC2)C(=O)NCC(=O)O. The highest BCUT2D eigenvalue weighted by Gasteiger charge is 2.30. The highest BCUT2D eigenvalue weighted by molar-refractivity contribution is 5.87. The molecule has 0 fully saturated rings. The van der Waals surface area contributed by atoms with Crippen molar-refractivity contribution in [2.24, 2.45) is 0 Å². The van der Waals surface area contributed by atoms with Crippen molar-refractivity contribution >= 4 is 11.9 Å². The lowest BCUT2D eigenvalue weighted by atomic mass is 10.1. The Hall–Kier alpha value is -2.04. The smallest absolute Gasteiger partial charge is 0.322 e. The number of nitrogens with one attached hydrogen (secondary N) is 1. The Kier molecular flexibility index (Phi) is 3.97. The minimum Gasteiger partial charge on any atom is -0.480 e. The van der Waals surface area contributed by atoms with Crippen molar-refractivity contribution in [2.75, 3.05) is 6.54 Å². The predicted octanol–water partition coefficient (Wildman–Crippen LogP) is 1.53. The Bertz CT molecular complexity index is 537. The fraction of sp³-hybridized carbons (Fsp3) is 0.467. The van der Waals surface area contributed by atoms with Crippen molar-refractivity contribution in [3.63, 3.8) is 0 Å². The van der Waals surface area contributed by atoms with Gasteiger partial charge in [0, 0.05) is 0 Å². The van der Waals surface area contributed by atoms with E-state index in [1.165, 1.54) is 11.1 Å². The maximum absolute atomic E-state index is 11.9. The summed E-state index contributed by atoms with van der Waals surface area (Å²) < 4.78 is 5.72. The fourth-order valence-electron chi connectivity index (χ4n) is 2.32. The molecule has 0 atom stereocenters. The van der Waals surface area contributed by atoms with Crippen molar-refractivity contribution in [1.82, 2.24) is 5.32 Å². The predicted molar refractivity (Wildman–Crippen MR) is 73.8 cm³/mol. The van der Waals surface area contributed by atoms with E-state index in [4.69, 9.17) is 9.84 Å². The quantitative estimate of drug-likeness (QED) is 0.856. The minimum atomic E-state index is -1.11. The second-order valence-corrected chi connectivity index (χ2v) is 5.47. The Labute approximate surface area is 117 Å². The zero-order valence-corrected chi connectivity index (χ0v) is 11.7. The summed E-state index contributed by atoms with van der Waals surface area (Å²) in [7, 11) is 0. The molecule has 1 aliphatic rings. The molecule has 0 unspecified atom stereocenters. The molecule has 1 aliphatic carbocycles. The Morgan fingerprint density at radius 3 is 2.70 bits per heavy atom. The van der Waals surface area contributed by atoms with E-state index in [0.29, 0.717) is 5.75 Å². The van der Waals surface area contributed by atoms with Crippen molar-refractivity contribution in [2.45, 2.75) is 38.7 Å². The lowest BCUT2D eigenvalue weighted by Crippen LogP contribution is -2.47. The Morgan fingerprint density at radius 2 is 2.00 bits per heavy atom. The zero-order chi connectivity index (χ0) is 14.8. The van der Waals surface area contributed by atoms with Gasteiger partial charge < -0.3 is 15.2 Å². The summed E-state index contributed by atoms with van der Waals surface area (Å²) in [6, 6.07) is 5.85. The van der Waals surface area contributed by atoms with Crippen LogP contribution < -0.4 is 10.1 Å². The molecule has 0 aromatic heterocycles. The van der Waals surface area contributed by atoms with Crippen molar-refractivity contribution in [3.05, 3.63) is 29.3 Å². The van der Waals surface area contributed by atoms with E-state index in [9.17, 15) is 9.59 Å². The first kappa shape index (κ1) is 14.4. The lowest BCUT2D eigenvalue weighted by molar-refractivity contribution is -0.141. The van der Waals surface area contributed by atoms with Crippen molar-refractivity contribution in [3.8, 4) is 5.75 Å². The van der Waals surface area contributed by atoms with Crippen LogP contribution in [0.5, 0.6) is 5.75 Å². The van der Waals surface area contributed by atoms with E-state index in [-0.39, 0.29) is 0 Å². The summed E-state index contributed by atoms with van der Waals surface area (Å²) in [6.07, 6.45) is 3.29. The van der Waals surface area contributed by atoms with E-state index in [1.54, 1.807) is 13.8 Å². The van der Waals surface area contributed by atoms with Crippen LogP contribution in [-0.2, 0) is 22.4 Å². The molecule has 1 amide bonds. The normalized spacial score (nSPS) is 13.7. The third-order valence-corrected chi connectivity index (χ3v) is 3.39. The van der Waals surface area contributed by atoms with Gasteiger partial charge in [-0.1, -0.05) is 6.07 Å². The number of carbonyl (C=O) groups is 2. The first-order chi connectivity index (χ1) is 9.38. The van der Waals surface area contributed by atoms with Gasteiger partial charge in [-0.25, -0.2) is 0 Å². The number of carboxylic acids is 1. The fourth-order valence-corrected chi connectivity index (χ4v) is 2.32. The molecule has 108 valence electrons. The van der Waals surface area contributed by atoms with Gasteiger partial charge in [0.1, 0.15) is 12.3 Å². The van der Waals surface area contributed by atoms with E-state index in [0.717, 1.165) is 19.3 Å². The van der Waals surface area contributed by atoms with E-state index in [2.05, 4.69) is 5.32 Å². The highest BCUT2D eigenvalue weighted by atomic mass is 16.5. The van der Waals surface area contributed by atoms with Crippen LogP contribution in [0.15, 0.2) is 18.2 Å². The number of fused-ring (bicyclic) bond motifs is 1. The molecule has 2 rings (SSSR count). The molecular formula is C15H19NO4. The van der Waals surface area contributed by atoms with Crippen LogP contribution in [0.25, 0.3) is 0 Å². The highest BCUT2D eigenvalue weighted by Crippen LogP contribution is 2.28. The van der Waals surface area contributed by atoms with E-state index in [1.807, 2.05) is 18.2 Å². The number of benzene rings is 1. The summed E-state index contributed by atoms with van der Waals surface area (Å²) in [5.41, 5.74) is 1.50. The van der Waals surface area contributed by atoms with Crippen molar-refractivity contribution in [1.29, 1.82) is 0 Å². The summed E-state index contributed by atoms with van der Waals surface area (Å²) >= 11 is 0. The molecule has 20 heavy (non-hydrogen) atoms. The number of amides is 1. The largest absolute Gasteiger partial charge is 0.480 e. The van der Waals surface area contributed by atoms with E-state index >= 15 is 0 Å². The maximum atomic E-state index is 11.9. The summed E-state index contributed by atoms with van der Waals surface area (Å²) in [5, 5.41) is 10.9. The average molecular weight is 277 g/mol. The molecule has 1 aromatic rings. The second kappa shape index (κ2) is 5.53.